The molecule has 0 amide bonds. The number of hydrogen-bond donors (Lipinski definition) is 4. The molecule has 18 rings (SSSR count). The van der Waals surface area contributed by atoms with Crippen LogP contribution in [0, 0.1) is 62.3 Å². The third-order valence-electron chi connectivity index (χ3n) is 20.1. The zero-order valence-electron chi connectivity index (χ0n) is 62.6. The van der Waals surface area contributed by atoms with Gasteiger partial charge in [0.25, 0.3) is 0 Å². The molecule has 1 aliphatic heterocycles. The van der Waals surface area contributed by atoms with Gasteiger partial charge in [0.2, 0.25) is 0 Å². The second-order valence-corrected chi connectivity index (χ2v) is 31.2. The van der Waals surface area contributed by atoms with Crippen molar-refractivity contribution in [3.8, 4) is 56.8 Å². The highest BCUT2D eigenvalue weighted by molar-refractivity contribution is 9.11. The highest BCUT2D eigenvalue weighted by atomic mass is 79.9. The van der Waals surface area contributed by atoms with E-state index in [9.17, 15) is 0 Å². The average molecular weight is 1690 g/mol. The molecule has 0 radical (unpaired) electrons. The molecule has 19 nitrogen and oxygen atoms in total. The van der Waals surface area contributed by atoms with Crippen molar-refractivity contribution >= 4 is 142 Å². The lowest BCUT2D eigenvalue weighted by atomic mass is 9.78. The number of rotatable bonds is 6. The van der Waals surface area contributed by atoms with Gasteiger partial charge < -0.3 is 24.3 Å². The maximum absolute atomic E-state index is 6.23. The van der Waals surface area contributed by atoms with Gasteiger partial charge >= 0.3 is 7.12 Å². The maximum atomic E-state index is 6.23. The summed E-state index contributed by atoms with van der Waals surface area (Å²) in [7, 11) is 3.51. The molecular weight excluding hydrogens is 1610 g/mol. The molecule has 11 aromatic heterocycles. The Balaban J connectivity index is 0.000000122. The third kappa shape index (κ3) is 16.0. The van der Waals surface area contributed by atoms with Gasteiger partial charge in [-0.25, -0.2) is 15.0 Å². The number of para-hydroxylation sites is 6. The number of fused-ring (bicyclic) bond motifs is 6. The first-order valence-electron chi connectivity index (χ1n) is 35.1. The van der Waals surface area contributed by atoms with Crippen molar-refractivity contribution < 1.29 is 9.31 Å². The molecular formula is C84H80BBr4N17O2. The number of aryl methyl sites for hydroxylation is 6. The summed E-state index contributed by atoms with van der Waals surface area (Å²) >= 11 is 13.5. The summed E-state index contributed by atoms with van der Waals surface area (Å²) in [5, 5.41) is 20.2. The number of nitrogens with one attached hydrogen (secondary N) is 4. The van der Waals surface area contributed by atoms with Gasteiger partial charge in [0.1, 0.15) is 17.1 Å². The largest absolute Gasteiger partial charge is 0.494 e. The van der Waals surface area contributed by atoms with E-state index in [2.05, 4.69) is 243 Å². The number of aromatic nitrogens is 17. The summed E-state index contributed by atoms with van der Waals surface area (Å²) in [5.41, 5.74) is 27.3. The van der Waals surface area contributed by atoms with Gasteiger partial charge in [0.15, 0.2) is 17.5 Å². The van der Waals surface area contributed by atoms with Crippen molar-refractivity contribution in [1.29, 1.82) is 0 Å². The van der Waals surface area contributed by atoms with E-state index in [-0.39, 0.29) is 11.2 Å². The first-order valence-corrected chi connectivity index (χ1v) is 38.2. The van der Waals surface area contributed by atoms with Gasteiger partial charge in [-0.05, 0) is 287 Å². The fraction of sp³-hybridized carbons (Fsp3) is 0.202. The number of H-pyrrole nitrogens is 4. The molecule has 1 aliphatic rings. The lowest BCUT2D eigenvalue weighted by Gasteiger charge is -2.32. The van der Waals surface area contributed by atoms with Crippen LogP contribution in [0.5, 0.6) is 0 Å². The minimum atomic E-state index is -0.405. The van der Waals surface area contributed by atoms with Gasteiger partial charge in [0, 0.05) is 121 Å². The Bertz CT molecular complexity index is 5880. The Morgan fingerprint density at radius 1 is 0.370 bits per heavy atom. The van der Waals surface area contributed by atoms with Crippen LogP contribution in [0.1, 0.15) is 77.8 Å². The summed E-state index contributed by atoms with van der Waals surface area (Å²) < 4.78 is 20.5. The van der Waals surface area contributed by atoms with Crippen molar-refractivity contribution in [1.82, 2.24) is 84.6 Å². The van der Waals surface area contributed by atoms with E-state index in [0.717, 1.165) is 146 Å². The van der Waals surface area contributed by atoms with Gasteiger partial charge in [0.05, 0.1) is 60.9 Å². The summed E-state index contributed by atoms with van der Waals surface area (Å²) in [6, 6.07) is 43.0. The number of pyridine rings is 5. The minimum absolute atomic E-state index is 0.372. The molecule has 544 valence electrons. The SMILES string of the molecule is Cc1c(Br)cncc1Br.Cc1cncc(-c2ccc3[nH]nc(-c4nc5ccccc5[nH]4)c3c2)c1C.Cc1cncc(-c2ccc3c(c2)c(-c2nc4ccccc4[nH]2)nn3C)c1C.Cc1cncc(Br)c1C.Cc1cncc(Br)c1C.Cn1nc(-c2nc3ccccc3[nH]2)c2cc(B3OC(C)(C)C(C)(C)O3)ccc21. The van der Waals surface area contributed by atoms with Crippen LogP contribution in [0.15, 0.2) is 207 Å². The fourth-order valence-corrected chi connectivity index (χ4v) is 14.1. The summed E-state index contributed by atoms with van der Waals surface area (Å²) in [6.45, 7) is 27.0. The molecule has 108 heavy (non-hydrogen) atoms. The fourth-order valence-electron chi connectivity index (χ4n) is 12.3. The first kappa shape index (κ1) is 76.0. The van der Waals surface area contributed by atoms with E-state index >= 15 is 0 Å². The van der Waals surface area contributed by atoms with E-state index in [1.807, 2.05) is 167 Å². The monoisotopic (exact) mass is 1690 g/mol. The molecule has 1 saturated heterocycles. The molecule has 1 fully saturated rings. The van der Waals surface area contributed by atoms with Crippen molar-refractivity contribution in [2.75, 3.05) is 0 Å². The Morgan fingerprint density at radius 3 is 1.15 bits per heavy atom. The predicted octanol–water partition coefficient (Wildman–Crippen LogP) is 20.8. The number of aromatic amines is 4. The van der Waals surface area contributed by atoms with Crippen LogP contribution in [-0.4, -0.2) is 103 Å². The van der Waals surface area contributed by atoms with E-state index in [1.165, 1.54) is 50.1 Å². The molecule has 0 bridgehead atoms. The molecule has 0 aliphatic carbocycles. The molecule has 0 atom stereocenters. The Labute approximate surface area is 660 Å². The summed E-state index contributed by atoms with van der Waals surface area (Å²) in [4.78, 5) is 45.0. The van der Waals surface area contributed by atoms with E-state index < -0.39 is 7.12 Å². The van der Waals surface area contributed by atoms with E-state index in [0.29, 0.717) is 0 Å². The van der Waals surface area contributed by atoms with Crippen LogP contribution < -0.4 is 5.46 Å². The number of halogens is 4. The topological polar surface area (TPSA) is 233 Å². The number of imidazole rings is 3. The molecule has 0 unspecified atom stereocenters. The highest BCUT2D eigenvalue weighted by Gasteiger charge is 2.52. The molecule has 0 saturated carbocycles. The van der Waals surface area contributed by atoms with Crippen molar-refractivity contribution in [3.63, 3.8) is 0 Å². The standard InChI is InChI=1S/C22H19N5.C21H23BN4O2.C21H17N5.2C7H8BrN.C6H5Br2N/c1-13-11-23-12-17(14(13)2)15-8-9-20-16(10-15)21(26-27(20)3)22-24-18-6-4-5-7-19(18)25-22;1-20(2)21(3,4)28-22(27-20)13-10-11-17-14(12-13)18(25-26(17)5)19-23-15-8-6-7-9-16(15)24-19;1-12-10-22-11-16(13(12)2)14-7-8-17-15(9-14)20(26-25-17)21-23-18-5-3-4-6-19(18)24-21;2*1-5-3-9-4-7(8)6(5)2;1-4-5(7)2-9-3-6(4)8/h4-12H,1-3H3,(H,24,25);6-12H,1-5H3,(H,23,24);3-11H,1-2H3,(H,23,24)(H,25,26);2*3-4H,1-2H3;2-3H,1H3. The second kappa shape index (κ2) is 31.9. The summed E-state index contributed by atoms with van der Waals surface area (Å²) in [6.07, 6.45) is 18.5. The lowest BCUT2D eigenvalue weighted by Crippen LogP contribution is -2.41. The molecule has 0 spiro atoms. The molecule has 17 aromatic rings. The van der Waals surface area contributed by atoms with Crippen molar-refractivity contribution in [3.05, 3.63) is 257 Å². The average Bonchev–Trinajstić information content (AvgIpc) is 1.62. The Hall–Kier alpha value is -10.2. The van der Waals surface area contributed by atoms with Crippen molar-refractivity contribution in [2.24, 2.45) is 14.1 Å². The Kier molecular flexibility index (Phi) is 22.5. The van der Waals surface area contributed by atoms with Crippen LogP contribution in [0.3, 0.4) is 0 Å². The maximum Gasteiger partial charge on any atom is 0.494 e. The van der Waals surface area contributed by atoms with Crippen LogP contribution in [0.25, 0.3) is 123 Å². The van der Waals surface area contributed by atoms with Gasteiger partial charge in [-0.3, -0.25) is 39.4 Å². The highest BCUT2D eigenvalue weighted by Crippen LogP contribution is 2.39. The Morgan fingerprint density at radius 2 is 0.731 bits per heavy atom. The minimum Gasteiger partial charge on any atom is -0.399 e. The number of benzene rings is 6. The van der Waals surface area contributed by atoms with E-state index in [1.54, 1.807) is 12.4 Å². The van der Waals surface area contributed by atoms with Crippen LogP contribution in [0.4, 0.5) is 0 Å². The zero-order chi connectivity index (χ0) is 76.5. The second-order valence-electron chi connectivity index (χ2n) is 27.8. The van der Waals surface area contributed by atoms with Gasteiger partial charge in [-0.1, -0.05) is 60.7 Å². The van der Waals surface area contributed by atoms with Gasteiger partial charge in [-0.2, -0.15) is 15.3 Å². The van der Waals surface area contributed by atoms with Crippen LogP contribution in [-0.2, 0) is 23.4 Å². The first-order chi connectivity index (χ1) is 51.7. The zero-order valence-corrected chi connectivity index (χ0v) is 69.0. The third-order valence-corrected chi connectivity index (χ3v) is 23.3. The number of hydrogen-bond acceptors (Lipinski definition) is 13. The molecule has 12 heterocycles. The van der Waals surface area contributed by atoms with Crippen LogP contribution in [0.2, 0.25) is 0 Å². The molecule has 24 heteroatoms. The lowest BCUT2D eigenvalue weighted by molar-refractivity contribution is 0.00578. The summed E-state index contributed by atoms with van der Waals surface area (Å²) in [5.74, 6) is 2.32. The smallest absolute Gasteiger partial charge is 0.399 e. The van der Waals surface area contributed by atoms with Crippen molar-refractivity contribution in [2.45, 2.75) is 101 Å². The van der Waals surface area contributed by atoms with Gasteiger partial charge in [-0.15, -0.1) is 0 Å². The predicted molar refractivity (Wildman–Crippen MR) is 451 cm³/mol. The molecule has 4 N–H and O–H groups in total. The van der Waals surface area contributed by atoms with Crippen LogP contribution >= 0.6 is 63.7 Å². The number of nitrogens with zero attached hydrogens (tertiary/aromatic N) is 13. The molecule has 6 aromatic carbocycles. The quantitative estimate of drug-likeness (QED) is 0.114. The normalized spacial score (nSPS) is 12.8. The van der Waals surface area contributed by atoms with E-state index in [4.69, 9.17) is 29.5 Å².